The van der Waals surface area contributed by atoms with Gasteiger partial charge < -0.3 is 0 Å². The summed E-state index contributed by atoms with van der Waals surface area (Å²) in [5.74, 6) is -1.05. The van der Waals surface area contributed by atoms with Crippen LogP contribution in [-0.2, 0) is 0 Å². The van der Waals surface area contributed by atoms with Gasteiger partial charge in [-0.05, 0) is 13.0 Å². The van der Waals surface area contributed by atoms with Crippen LogP contribution in [0.5, 0.6) is 0 Å². The molecule has 0 radical (unpaired) electrons. The molecule has 0 aliphatic heterocycles. The quantitative estimate of drug-likeness (QED) is 0.637. The Hall–Kier alpha value is -0.440. The molecule has 0 fully saturated rings. The molecule has 0 saturated carbocycles. The highest BCUT2D eigenvalue weighted by atomic mass is 79.9. The number of alkyl halides is 1. The highest BCUT2D eigenvalue weighted by Crippen LogP contribution is 2.24. The number of hydrogen-bond donors (Lipinski definition) is 0. The lowest BCUT2D eigenvalue weighted by molar-refractivity contribution is 0.573. The van der Waals surface area contributed by atoms with Crippen LogP contribution < -0.4 is 0 Å². The second-order valence-corrected chi connectivity index (χ2v) is 3.66. The predicted molar refractivity (Wildman–Crippen MR) is 43.7 cm³/mol. The molecule has 0 saturated heterocycles. The Morgan fingerprint density at radius 3 is 2.45 bits per heavy atom. The summed E-state index contributed by atoms with van der Waals surface area (Å²) in [6.07, 6.45) is 0. The van der Waals surface area contributed by atoms with Crippen LogP contribution in [0.1, 0.15) is 17.3 Å². The van der Waals surface area contributed by atoms with Gasteiger partial charge >= 0.3 is 0 Å². The van der Waals surface area contributed by atoms with Gasteiger partial charge in [-0.15, -0.1) is 0 Å². The van der Waals surface area contributed by atoms with Crippen molar-refractivity contribution in [1.82, 2.24) is 0 Å². The fourth-order valence-corrected chi connectivity index (χ4v) is 1.20. The maximum Gasteiger partial charge on any atom is 0.130 e. The van der Waals surface area contributed by atoms with E-state index in [0.29, 0.717) is 5.56 Å². The van der Waals surface area contributed by atoms with Crippen molar-refractivity contribution < 1.29 is 8.78 Å². The molecule has 0 nitrogen and oxygen atoms in total. The van der Waals surface area contributed by atoms with Crippen molar-refractivity contribution in [2.24, 2.45) is 0 Å². The highest BCUT2D eigenvalue weighted by Gasteiger charge is 2.07. The minimum Gasteiger partial charge on any atom is -0.207 e. The molecule has 0 spiro atoms. The van der Waals surface area contributed by atoms with Crippen molar-refractivity contribution >= 4 is 15.9 Å². The van der Waals surface area contributed by atoms with Gasteiger partial charge in [0.25, 0.3) is 0 Å². The van der Waals surface area contributed by atoms with Crippen molar-refractivity contribution in [3.8, 4) is 0 Å². The molecule has 0 bridgehead atoms. The third-order valence-corrected chi connectivity index (χ3v) is 1.88. The molecule has 0 aliphatic rings. The zero-order chi connectivity index (χ0) is 8.43. The first kappa shape index (κ1) is 8.65. The van der Waals surface area contributed by atoms with Crippen LogP contribution in [-0.4, -0.2) is 0 Å². The average Bonchev–Trinajstić information content (AvgIpc) is 1.85. The van der Waals surface area contributed by atoms with E-state index in [1.54, 1.807) is 6.92 Å². The van der Waals surface area contributed by atoms with Gasteiger partial charge in [0, 0.05) is 16.5 Å². The summed E-state index contributed by atoms with van der Waals surface area (Å²) in [4.78, 5) is -0.0805. The van der Waals surface area contributed by atoms with E-state index in [4.69, 9.17) is 0 Å². The Balaban J connectivity index is 3.09. The van der Waals surface area contributed by atoms with Crippen LogP contribution in [0.25, 0.3) is 0 Å². The Bertz CT molecular complexity index is 258. The van der Waals surface area contributed by atoms with Crippen molar-refractivity contribution in [2.75, 3.05) is 0 Å². The molecule has 0 N–H and O–H groups in total. The van der Waals surface area contributed by atoms with Crippen molar-refractivity contribution in [1.29, 1.82) is 0 Å². The lowest BCUT2D eigenvalue weighted by Crippen LogP contribution is -1.90. The normalized spacial score (nSPS) is 13.1. The first-order chi connectivity index (χ1) is 5.11. The first-order valence-electron chi connectivity index (χ1n) is 3.20. The summed E-state index contributed by atoms with van der Waals surface area (Å²) in [5.41, 5.74) is 0.478. The van der Waals surface area contributed by atoms with Gasteiger partial charge in [-0.2, -0.15) is 0 Å². The molecule has 11 heavy (non-hydrogen) atoms. The topological polar surface area (TPSA) is 0 Å². The van der Waals surface area contributed by atoms with Crippen LogP contribution in [0.4, 0.5) is 8.78 Å². The largest absolute Gasteiger partial charge is 0.207 e. The van der Waals surface area contributed by atoms with E-state index in [1.165, 1.54) is 12.1 Å². The van der Waals surface area contributed by atoms with Crippen LogP contribution in [0.15, 0.2) is 18.2 Å². The van der Waals surface area contributed by atoms with Crippen molar-refractivity contribution in [3.05, 3.63) is 35.4 Å². The molecule has 1 aromatic rings. The standard InChI is InChI=1S/C8H7BrF2/c1-5(9)7-3-2-6(10)4-8(7)11/h2-5H,1H3/t5-/m1/s1. The second kappa shape index (κ2) is 3.30. The lowest BCUT2D eigenvalue weighted by Gasteiger charge is -2.03. The van der Waals surface area contributed by atoms with Crippen LogP contribution in [0.2, 0.25) is 0 Å². The summed E-state index contributed by atoms with van der Waals surface area (Å²) in [7, 11) is 0. The van der Waals surface area contributed by atoms with Gasteiger partial charge in [-0.3, -0.25) is 0 Å². The minimum absolute atomic E-state index is 0.0805. The molecule has 1 aromatic carbocycles. The van der Waals surface area contributed by atoms with E-state index >= 15 is 0 Å². The van der Waals surface area contributed by atoms with E-state index in [-0.39, 0.29) is 4.83 Å². The second-order valence-electron chi connectivity index (χ2n) is 2.28. The Kier molecular flexibility index (Phi) is 2.60. The fourth-order valence-electron chi connectivity index (χ4n) is 0.824. The molecule has 1 rings (SSSR count). The maximum absolute atomic E-state index is 12.8. The molecule has 0 unspecified atom stereocenters. The van der Waals surface area contributed by atoms with E-state index in [1.807, 2.05) is 0 Å². The summed E-state index contributed by atoms with van der Waals surface area (Å²) in [6, 6.07) is 3.56. The predicted octanol–water partition coefficient (Wildman–Crippen LogP) is 3.42. The smallest absolute Gasteiger partial charge is 0.130 e. The van der Waals surface area contributed by atoms with Gasteiger partial charge in [0.1, 0.15) is 11.6 Å². The number of rotatable bonds is 1. The van der Waals surface area contributed by atoms with Crippen molar-refractivity contribution in [2.45, 2.75) is 11.8 Å². The highest BCUT2D eigenvalue weighted by molar-refractivity contribution is 9.09. The number of benzene rings is 1. The van der Waals surface area contributed by atoms with Gasteiger partial charge in [0.2, 0.25) is 0 Å². The average molecular weight is 221 g/mol. The van der Waals surface area contributed by atoms with Crippen LogP contribution >= 0.6 is 15.9 Å². The minimum atomic E-state index is -0.542. The van der Waals surface area contributed by atoms with E-state index in [0.717, 1.165) is 6.07 Å². The zero-order valence-electron chi connectivity index (χ0n) is 5.94. The van der Waals surface area contributed by atoms with Gasteiger partial charge in [-0.1, -0.05) is 22.0 Å². The SMILES string of the molecule is C[C@@H](Br)c1ccc(F)cc1F. The van der Waals surface area contributed by atoms with Crippen LogP contribution in [0.3, 0.4) is 0 Å². The van der Waals surface area contributed by atoms with Crippen LogP contribution in [0, 0.1) is 11.6 Å². The maximum atomic E-state index is 12.8. The molecule has 0 aromatic heterocycles. The van der Waals surface area contributed by atoms with Gasteiger partial charge in [-0.25, -0.2) is 8.78 Å². The molecule has 0 amide bonds. The Labute approximate surface area is 72.4 Å². The van der Waals surface area contributed by atoms with E-state index < -0.39 is 11.6 Å². The molecular weight excluding hydrogens is 214 g/mol. The number of halogens is 3. The van der Waals surface area contributed by atoms with Gasteiger partial charge in [0.05, 0.1) is 0 Å². The van der Waals surface area contributed by atoms with E-state index in [9.17, 15) is 8.78 Å². The van der Waals surface area contributed by atoms with E-state index in [2.05, 4.69) is 15.9 Å². The Morgan fingerprint density at radius 2 is 2.00 bits per heavy atom. The monoisotopic (exact) mass is 220 g/mol. The molecule has 1 atom stereocenters. The molecule has 0 heterocycles. The third kappa shape index (κ3) is 1.99. The first-order valence-corrected chi connectivity index (χ1v) is 4.12. The Morgan fingerprint density at radius 1 is 1.36 bits per heavy atom. The lowest BCUT2D eigenvalue weighted by atomic mass is 10.1. The zero-order valence-corrected chi connectivity index (χ0v) is 7.53. The summed E-state index contributed by atoms with van der Waals surface area (Å²) >= 11 is 3.20. The number of hydrogen-bond acceptors (Lipinski definition) is 0. The molecule has 0 aliphatic carbocycles. The fraction of sp³-hybridized carbons (Fsp3) is 0.250. The van der Waals surface area contributed by atoms with Gasteiger partial charge in [0.15, 0.2) is 0 Å². The molecule has 60 valence electrons. The van der Waals surface area contributed by atoms with Crippen molar-refractivity contribution in [3.63, 3.8) is 0 Å². The summed E-state index contributed by atoms with van der Waals surface area (Å²) in [6.45, 7) is 1.79. The third-order valence-electron chi connectivity index (χ3n) is 1.39. The summed E-state index contributed by atoms with van der Waals surface area (Å²) in [5, 5.41) is 0. The summed E-state index contributed by atoms with van der Waals surface area (Å²) < 4.78 is 25.2. The molecular formula is C8H7BrF2. The molecule has 3 heteroatoms.